The van der Waals surface area contributed by atoms with E-state index >= 15 is 0 Å². The second-order valence-electron chi connectivity index (χ2n) is 4.85. The average Bonchev–Trinajstić information content (AvgIpc) is 2.41. The summed E-state index contributed by atoms with van der Waals surface area (Å²) in [5.74, 6) is 0.661. The summed E-state index contributed by atoms with van der Waals surface area (Å²) in [7, 11) is 0. The van der Waals surface area contributed by atoms with E-state index in [0.717, 1.165) is 0 Å². The second-order valence-corrected chi connectivity index (χ2v) is 4.85. The third kappa shape index (κ3) is 1.08. The molecule has 1 heterocycles. The van der Waals surface area contributed by atoms with E-state index in [2.05, 4.69) is 57.3 Å². The summed E-state index contributed by atoms with van der Waals surface area (Å²) in [6, 6.07) is 9.20. The summed E-state index contributed by atoms with van der Waals surface area (Å²) in [6.45, 7) is 9.25. The summed E-state index contributed by atoms with van der Waals surface area (Å²) in [5, 5.41) is 3.57. The molecule has 76 valence electrons. The molecule has 0 radical (unpaired) electrons. The van der Waals surface area contributed by atoms with Gasteiger partial charge in [0.1, 0.15) is 0 Å². The van der Waals surface area contributed by atoms with Crippen LogP contribution >= 0.6 is 0 Å². The maximum absolute atomic E-state index is 3.57. The Kier molecular flexibility index (Phi) is 2.06. The van der Waals surface area contributed by atoms with E-state index in [0.29, 0.717) is 12.0 Å². The molecule has 1 heteroatoms. The maximum Gasteiger partial charge on any atom is 0.0381 e. The molecule has 0 spiro atoms. The minimum absolute atomic E-state index is 0.274. The molecule has 1 aromatic rings. The van der Waals surface area contributed by atoms with Gasteiger partial charge in [0.2, 0.25) is 0 Å². The number of para-hydroxylation sites is 1. The van der Waals surface area contributed by atoms with Crippen molar-refractivity contribution in [3.05, 3.63) is 29.8 Å². The second kappa shape index (κ2) is 3.01. The Hall–Kier alpha value is -0.980. The van der Waals surface area contributed by atoms with Gasteiger partial charge in [-0.2, -0.15) is 0 Å². The van der Waals surface area contributed by atoms with Crippen molar-refractivity contribution in [2.75, 3.05) is 5.32 Å². The van der Waals surface area contributed by atoms with Crippen LogP contribution in [0.4, 0.5) is 5.69 Å². The number of anilines is 1. The molecule has 1 aliphatic rings. The highest BCUT2D eigenvalue weighted by atomic mass is 15.0. The van der Waals surface area contributed by atoms with Gasteiger partial charge in [-0.25, -0.2) is 0 Å². The van der Waals surface area contributed by atoms with Crippen LogP contribution in [0.15, 0.2) is 24.3 Å². The largest absolute Gasteiger partial charge is 0.381 e. The van der Waals surface area contributed by atoms with Crippen LogP contribution in [0, 0.1) is 5.92 Å². The molecule has 1 N–H and O–H groups in total. The molecule has 1 aliphatic heterocycles. The van der Waals surface area contributed by atoms with Crippen molar-refractivity contribution in [3.63, 3.8) is 0 Å². The van der Waals surface area contributed by atoms with Crippen molar-refractivity contribution in [3.8, 4) is 0 Å². The van der Waals surface area contributed by atoms with Crippen molar-refractivity contribution < 1.29 is 0 Å². The molecule has 1 aromatic carbocycles. The zero-order chi connectivity index (χ0) is 10.3. The monoisotopic (exact) mass is 189 g/mol. The first kappa shape index (κ1) is 9.57. The van der Waals surface area contributed by atoms with Gasteiger partial charge in [0.15, 0.2) is 0 Å². The summed E-state index contributed by atoms with van der Waals surface area (Å²) in [6.07, 6.45) is 0. The number of hydrogen-bond donors (Lipinski definition) is 1. The predicted molar refractivity (Wildman–Crippen MR) is 61.7 cm³/mol. The first-order valence-corrected chi connectivity index (χ1v) is 5.43. The van der Waals surface area contributed by atoms with E-state index < -0.39 is 0 Å². The molecule has 2 unspecified atom stereocenters. The third-order valence-electron chi connectivity index (χ3n) is 3.98. The Morgan fingerprint density at radius 1 is 1.29 bits per heavy atom. The first-order valence-electron chi connectivity index (χ1n) is 5.43. The van der Waals surface area contributed by atoms with Crippen LogP contribution < -0.4 is 5.32 Å². The molecule has 0 aromatic heterocycles. The molecule has 14 heavy (non-hydrogen) atoms. The van der Waals surface area contributed by atoms with Crippen molar-refractivity contribution in [1.29, 1.82) is 0 Å². The fraction of sp³-hybridized carbons (Fsp3) is 0.538. The standard InChI is InChI=1S/C13H19N/c1-9(2)13(4)10(3)14-12-8-6-5-7-11(12)13/h5-10,14H,1-4H3. The number of fused-ring (bicyclic) bond motifs is 1. The third-order valence-corrected chi connectivity index (χ3v) is 3.98. The Bertz CT molecular complexity index is 343. The molecule has 0 bridgehead atoms. The minimum Gasteiger partial charge on any atom is -0.381 e. The van der Waals surface area contributed by atoms with Crippen LogP contribution in [0.5, 0.6) is 0 Å². The fourth-order valence-electron chi connectivity index (χ4n) is 2.51. The van der Waals surface area contributed by atoms with Crippen LogP contribution in [-0.2, 0) is 5.41 Å². The van der Waals surface area contributed by atoms with Gasteiger partial charge in [-0.3, -0.25) is 0 Å². The normalized spacial score (nSPS) is 30.2. The lowest BCUT2D eigenvalue weighted by molar-refractivity contribution is 0.318. The van der Waals surface area contributed by atoms with E-state index in [9.17, 15) is 0 Å². The zero-order valence-corrected chi connectivity index (χ0v) is 9.46. The van der Waals surface area contributed by atoms with Crippen molar-refractivity contribution in [2.24, 2.45) is 5.92 Å². The first-order chi connectivity index (χ1) is 6.56. The number of rotatable bonds is 1. The summed E-state index contributed by atoms with van der Waals surface area (Å²) in [4.78, 5) is 0. The number of nitrogens with one attached hydrogen (secondary N) is 1. The molecule has 0 saturated heterocycles. The molecule has 1 nitrogen and oxygen atoms in total. The van der Waals surface area contributed by atoms with E-state index in [1.165, 1.54) is 11.3 Å². The minimum atomic E-state index is 0.274. The van der Waals surface area contributed by atoms with E-state index in [1.54, 1.807) is 0 Å². The quantitative estimate of drug-likeness (QED) is 0.714. The lowest BCUT2D eigenvalue weighted by atomic mass is 9.71. The molecule has 0 saturated carbocycles. The Labute approximate surface area is 86.5 Å². The topological polar surface area (TPSA) is 12.0 Å². The van der Waals surface area contributed by atoms with Crippen LogP contribution in [0.1, 0.15) is 33.3 Å². The van der Waals surface area contributed by atoms with Crippen molar-refractivity contribution in [1.82, 2.24) is 0 Å². The van der Waals surface area contributed by atoms with Gasteiger partial charge in [0.05, 0.1) is 0 Å². The Balaban J connectivity index is 2.54. The maximum atomic E-state index is 3.57. The van der Waals surface area contributed by atoms with E-state index in [4.69, 9.17) is 0 Å². The summed E-state index contributed by atoms with van der Waals surface area (Å²) < 4.78 is 0. The van der Waals surface area contributed by atoms with Crippen LogP contribution in [0.25, 0.3) is 0 Å². The molecule has 0 fully saturated rings. The van der Waals surface area contributed by atoms with Crippen molar-refractivity contribution in [2.45, 2.75) is 39.2 Å². The molecule has 2 rings (SSSR count). The SMILES string of the molecule is CC(C)C1(C)c2ccccc2NC1C. The summed E-state index contributed by atoms with van der Waals surface area (Å²) >= 11 is 0. The Morgan fingerprint density at radius 3 is 2.57 bits per heavy atom. The number of hydrogen-bond acceptors (Lipinski definition) is 1. The Morgan fingerprint density at radius 2 is 1.93 bits per heavy atom. The highest BCUT2D eigenvalue weighted by molar-refractivity contribution is 5.61. The molecule has 0 aliphatic carbocycles. The summed E-state index contributed by atoms with van der Waals surface area (Å²) in [5.41, 5.74) is 3.06. The van der Waals surface area contributed by atoms with E-state index in [1.807, 2.05) is 0 Å². The van der Waals surface area contributed by atoms with Crippen LogP contribution in [0.3, 0.4) is 0 Å². The molecular formula is C13H19N. The van der Waals surface area contributed by atoms with Gasteiger partial charge in [0, 0.05) is 17.1 Å². The lowest BCUT2D eigenvalue weighted by Gasteiger charge is -2.34. The van der Waals surface area contributed by atoms with Gasteiger partial charge in [0.25, 0.3) is 0 Å². The molecule has 0 amide bonds. The van der Waals surface area contributed by atoms with Crippen LogP contribution in [-0.4, -0.2) is 6.04 Å². The smallest absolute Gasteiger partial charge is 0.0381 e. The fourth-order valence-corrected chi connectivity index (χ4v) is 2.51. The van der Waals surface area contributed by atoms with Gasteiger partial charge in [-0.05, 0) is 24.5 Å². The highest BCUT2D eigenvalue weighted by Crippen LogP contribution is 2.45. The van der Waals surface area contributed by atoms with Gasteiger partial charge in [-0.1, -0.05) is 39.0 Å². The van der Waals surface area contributed by atoms with Crippen LogP contribution in [0.2, 0.25) is 0 Å². The van der Waals surface area contributed by atoms with E-state index in [-0.39, 0.29) is 5.41 Å². The van der Waals surface area contributed by atoms with Gasteiger partial charge in [-0.15, -0.1) is 0 Å². The van der Waals surface area contributed by atoms with Crippen molar-refractivity contribution >= 4 is 5.69 Å². The zero-order valence-electron chi connectivity index (χ0n) is 9.46. The highest BCUT2D eigenvalue weighted by Gasteiger charge is 2.42. The number of benzene rings is 1. The predicted octanol–water partition coefficient (Wildman–Crippen LogP) is 3.41. The molecular weight excluding hydrogens is 170 g/mol. The molecule has 2 atom stereocenters. The van der Waals surface area contributed by atoms with Gasteiger partial charge >= 0.3 is 0 Å². The average molecular weight is 189 g/mol. The van der Waals surface area contributed by atoms with Gasteiger partial charge < -0.3 is 5.32 Å². The lowest BCUT2D eigenvalue weighted by Crippen LogP contribution is -2.38.